The van der Waals surface area contributed by atoms with Gasteiger partial charge in [0.15, 0.2) is 5.78 Å². The summed E-state index contributed by atoms with van der Waals surface area (Å²) in [5, 5.41) is 6.10. The van der Waals surface area contributed by atoms with Crippen molar-refractivity contribution in [3.8, 4) is 0 Å². The molecule has 0 unspecified atom stereocenters. The number of halogens is 1. The first-order valence-electron chi connectivity index (χ1n) is 10.8. The fourth-order valence-electron chi connectivity index (χ4n) is 4.70. The molecule has 1 aromatic carbocycles. The number of carbonyl (C=O) groups is 2. The van der Waals surface area contributed by atoms with Gasteiger partial charge in [-0.05, 0) is 55.3 Å². The Balaban J connectivity index is 1.58. The van der Waals surface area contributed by atoms with Gasteiger partial charge >= 0.3 is 0 Å². The Bertz CT molecular complexity index is 1280. The Labute approximate surface area is 190 Å². The van der Waals surface area contributed by atoms with Crippen LogP contribution in [0.4, 0.5) is 10.2 Å². The maximum Gasteiger partial charge on any atom is 0.255 e. The summed E-state index contributed by atoms with van der Waals surface area (Å²) in [7, 11) is 0. The van der Waals surface area contributed by atoms with Crippen LogP contribution < -0.4 is 10.6 Å². The molecule has 166 valence electrons. The molecule has 0 saturated carbocycles. The van der Waals surface area contributed by atoms with Gasteiger partial charge in [0.05, 0.1) is 6.26 Å². The van der Waals surface area contributed by atoms with Crippen molar-refractivity contribution in [1.29, 1.82) is 0 Å². The predicted octanol–water partition coefficient (Wildman–Crippen LogP) is 4.81. The fourth-order valence-corrected chi connectivity index (χ4v) is 4.70. The number of benzene rings is 1. The first-order chi connectivity index (χ1) is 16.0. The van der Waals surface area contributed by atoms with Gasteiger partial charge in [-0.2, -0.15) is 0 Å². The molecule has 3 heterocycles. The van der Waals surface area contributed by atoms with Crippen LogP contribution in [0.2, 0.25) is 0 Å². The SMILES string of the molecule is CC1=C(C(=O)Nc2ccccn2)[C@H](c2cccc(F)c2)C2=C(C[C@@H](c3ccco3)CC2=O)N1. The maximum absolute atomic E-state index is 14.2. The smallest absolute Gasteiger partial charge is 0.255 e. The van der Waals surface area contributed by atoms with Crippen LogP contribution in [0.3, 0.4) is 0 Å². The van der Waals surface area contributed by atoms with E-state index >= 15 is 0 Å². The molecule has 5 rings (SSSR count). The summed E-state index contributed by atoms with van der Waals surface area (Å²) in [5.74, 6) is -0.537. The molecule has 0 bridgehead atoms. The van der Waals surface area contributed by atoms with E-state index < -0.39 is 11.7 Å². The molecular weight excluding hydrogens is 421 g/mol. The number of aromatic nitrogens is 1. The minimum Gasteiger partial charge on any atom is -0.469 e. The molecule has 1 amide bonds. The number of furan rings is 1. The molecule has 0 spiro atoms. The molecule has 0 fully saturated rings. The first kappa shape index (κ1) is 20.9. The highest BCUT2D eigenvalue weighted by molar-refractivity contribution is 6.09. The van der Waals surface area contributed by atoms with E-state index in [-0.39, 0.29) is 24.0 Å². The number of nitrogens with one attached hydrogen (secondary N) is 2. The summed E-state index contributed by atoms with van der Waals surface area (Å²) < 4.78 is 19.8. The average Bonchev–Trinajstić information content (AvgIpc) is 3.33. The lowest BCUT2D eigenvalue weighted by Crippen LogP contribution is -2.37. The number of hydrogen-bond donors (Lipinski definition) is 2. The van der Waals surface area contributed by atoms with Crippen molar-refractivity contribution in [3.05, 3.63) is 107 Å². The summed E-state index contributed by atoms with van der Waals surface area (Å²) >= 11 is 0. The number of nitrogens with zero attached hydrogens (tertiary/aromatic N) is 1. The van der Waals surface area contributed by atoms with Crippen LogP contribution in [0.1, 0.15) is 42.9 Å². The molecule has 2 aliphatic rings. The van der Waals surface area contributed by atoms with Crippen LogP contribution in [-0.2, 0) is 9.59 Å². The lowest BCUT2D eigenvalue weighted by Gasteiger charge is -2.36. The second-order valence-corrected chi connectivity index (χ2v) is 8.26. The molecule has 2 N–H and O–H groups in total. The Kier molecular flexibility index (Phi) is 5.38. The van der Waals surface area contributed by atoms with Gasteiger partial charge < -0.3 is 15.1 Å². The van der Waals surface area contributed by atoms with Gasteiger partial charge in [-0.25, -0.2) is 9.37 Å². The second-order valence-electron chi connectivity index (χ2n) is 8.26. The minimum absolute atomic E-state index is 0.0879. The Morgan fingerprint density at radius 1 is 1.15 bits per heavy atom. The third-order valence-electron chi connectivity index (χ3n) is 6.11. The van der Waals surface area contributed by atoms with E-state index in [4.69, 9.17) is 4.42 Å². The highest BCUT2D eigenvalue weighted by Gasteiger charge is 2.41. The van der Waals surface area contributed by atoms with Crippen LogP contribution in [0.25, 0.3) is 0 Å². The Morgan fingerprint density at radius 3 is 2.76 bits per heavy atom. The van der Waals surface area contributed by atoms with Gasteiger partial charge in [-0.3, -0.25) is 9.59 Å². The molecular formula is C26H22FN3O3. The molecule has 1 aliphatic carbocycles. The third kappa shape index (κ3) is 3.98. The van der Waals surface area contributed by atoms with Crippen molar-refractivity contribution in [1.82, 2.24) is 10.3 Å². The average molecular weight is 443 g/mol. The second kappa shape index (κ2) is 8.50. The molecule has 3 aromatic rings. The van der Waals surface area contributed by atoms with Gasteiger partial charge in [0.1, 0.15) is 17.4 Å². The molecule has 7 heteroatoms. The number of carbonyl (C=O) groups excluding carboxylic acids is 2. The predicted molar refractivity (Wildman–Crippen MR) is 121 cm³/mol. The minimum atomic E-state index is -0.689. The highest BCUT2D eigenvalue weighted by Crippen LogP contribution is 2.45. The van der Waals surface area contributed by atoms with Gasteiger partial charge in [0, 0.05) is 47.0 Å². The van der Waals surface area contributed by atoms with Crippen molar-refractivity contribution >= 4 is 17.5 Å². The van der Waals surface area contributed by atoms with E-state index in [9.17, 15) is 14.0 Å². The first-order valence-corrected chi connectivity index (χ1v) is 10.8. The van der Waals surface area contributed by atoms with Gasteiger partial charge in [-0.15, -0.1) is 0 Å². The summed E-state index contributed by atoms with van der Waals surface area (Å²) in [4.78, 5) is 31.0. The van der Waals surface area contributed by atoms with Gasteiger partial charge in [-0.1, -0.05) is 18.2 Å². The standard InChI is InChI=1S/C26H22FN3O3/c1-15-23(26(32)30-22-9-2-3-10-28-22)24(16-6-4-7-18(27)12-16)25-19(29-15)13-17(14-20(25)31)21-8-5-11-33-21/h2-12,17,24,29H,13-14H2,1H3,(H,28,30,32)/t17-,24+/m1/s1. The summed E-state index contributed by atoms with van der Waals surface area (Å²) in [6.45, 7) is 1.80. The van der Waals surface area contributed by atoms with E-state index in [0.717, 1.165) is 11.5 Å². The molecule has 0 radical (unpaired) electrons. The normalized spacial score (nSPS) is 20.4. The van der Waals surface area contributed by atoms with E-state index in [2.05, 4.69) is 15.6 Å². The van der Waals surface area contributed by atoms with Crippen LogP contribution >= 0.6 is 0 Å². The van der Waals surface area contributed by atoms with Crippen LogP contribution in [0, 0.1) is 5.82 Å². The van der Waals surface area contributed by atoms with E-state index in [1.807, 2.05) is 6.07 Å². The number of dihydropyridines is 1. The monoisotopic (exact) mass is 443 g/mol. The molecule has 1 aliphatic heterocycles. The zero-order chi connectivity index (χ0) is 22.9. The van der Waals surface area contributed by atoms with Crippen molar-refractivity contribution in [2.24, 2.45) is 0 Å². The number of Topliss-reactive ketones (excluding diaryl/α,β-unsaturated/α-hetero) is 1. The van der Waals surface area contributed by atoms with E-state index in [0.29, 0.717) is 34.6 Å². The summed E-state index contributed by atoms with van der Waals surface area (Å²) in [5.41, 5.74) is 2.78. The number of allylic oxidation sites excluding steroid dienone is 3. The molecule has 6 nitrogen and oxygen atoms in total. The lowest BCUT2D eigenvalue weighted by molar-refractivity contribution is -0.116. The summed E-state index contributed by atoms with van der Waals surface area (Å²) in [6.07, 6.45) is 4.00. The Morgan fingerprint density at radius 2 is 2.03 bits per heavy atom. The molecule has 2 atom stereocenters. The van der Waals surface area contributed by atoms with E-state index in [1.165, 1.54) is 12.1 Å². The third-order valence-corrected chi connectivity index (χ3v) is 6.11. The largest absolute Gasteiger partial charge is 0.469 e. The zero-order valence-electron chi connectivity index (χ0n) is 18.0. The van der Waals surface area contributed by atoms with Crippen LogP contribution in [0.5, 0.6) is 0 Å². The number of rotatable bonds is 4. The van der Waals surface area contributed by atoms with Crippen molar-refractivity contribution in [3.63, 3.8) is 0 Å². The zero-order valence-corrected chi connectivity index (χ0v) is 18.0. The van der Waals surface area contributed by atoms with Crippen LogP contribution in [0.15, 0.2) is 94.0 Å². The topological polar surface area (TPSA) is 84.2 Å². The molecule has 33 heavy (non-hydrogen) atoms. The van der Waals surface area contributed by atoms with Gasteiger partial charge in [0.2, 0.25) is 0 Å². The number of pyridine rings is 1. The van der Waals surface area contributed by atoms with Crippen molar-refractivity contribution < 1.29 is 18.4 Å². The number of ketones is 1. The van der Waals surface area contributed by atoms with Crippen molar-refractivity contribution in [2.45, 2.75) is 31.6 Å². The number of amides is 1. The molecule has 2 aromatic heterocycles. The van der Waals surface area contributed by atoms with Crippen LogP contribution in [-0.4, -0.2) is 16.7 Å². The highest BCUT2D eigenvalue weighted by atomic mass is 19.1. The van der Waals surface area contributed by atoms with E-state index in [1.54, 1.807) is 55.8 Å². The quantitative estimate of drug-likeness (QED) is 0.604. The van der Waals surface area contributed by atoms with Gasteiger partial charge in [0.25, 0.3) is 5.91 Å². The molecule has 0 saturated heterocycles. The number of hydrogen-bond acceptors (Lipinski definition) is 5. The summed E-state index contributed by atoms with van der Waals surface area (Å²) in [6, 6.07) is 15.0. The Hall–Kier alpha value is -4.00. The van der Waals surface area contributed by atoms with Crippen molar-refractivity contribution in [2.75, 3.05) is 5.32 Å². The fraction of sp³-hybridized carbons (Fsp3) is 0.192. The number of anilines is 1. The lowest BCUT2D eigenvalue weighted by atomic mass is 9.72. The maximum atomic E-state index is 14.2.